The number of carbonyl (C=O) groups is 1. The Hall–Kier alpha value is -2.40. The molecule has 1 fully saturated rings. The van der Waals surface area contributed by atoms with Gasteiger partial charge in [-0.25, -0.2) is 4.39 Å². The fourth-order valence-electron chi connectivity index (χ4n) is 3.53. The van der Waals surface area contributed by atoms with Gasteiger partial charge in [-0.3, -0.25) is 9.69 Å². The third-order valence-electron chi connectivity index (χ3n) is 4.84. The van der Waals surface area contributed by atoms with Crippen molar-refractivity contribution in [2.45, 2.75) is 25.4 Å². The number of benzene rings is 2. The van der Waals surface area contributed by atoms with Crippen molar-refractivity contribution >= 4 is 11.6 Å². The van der Waals surface area contributed by atoms with Crippen LogP contribution in [0.3, 0.4) is 0 Å². The van der Waals surface area contributed by atoms with Crippen LogP contribution in [0.25, 0.3) is 0 Å². The number of hydrogen-bond donors (Lipinski definition) is 1. The molecule has 4 nitrogen and oxygen atoms in total. The molecule has 0 saturated carbocycles. The van der Waals surface area contributed by atoms with Gasteiger partial charge in [0.25, 0.3) is 0 Å². The first-order chi connectivity index (χ1) is 12.6. The maximum absolute atomic E-state index is 13.2. The Morgan fingerprint density at radius 1 is 1.12 bits per heavy atom. The SMILES string of the molecule is CN(C)[C@@H](C(=O)NCc1ccccc1N1CCCC1)c1ccc(F)cc1. The van der Waals surface area contributed by atoms with E-state index in [9.17, 15) is 9.18 Å². The fraction of sp³-hybridized carbons (Fsp3) is 0.381. The lowest BCUT2D eigenvalue weighted by Gasteiger charge is -2.25. The second-order valence-corrected chi connectivity index (χ2v) is 6.96. The number of anilines is 1. The van der Waals surface area contributed by atoms with Crippen LogP contribution in [0.15, 0.2) is 48.5 Å². The Kier molecular flexibility index (Phi) is 5.89. The molecule has 5 heteroatoms. The lowest BCUT2D eigenvalue weighted by Crippen LogP contribution is -2.37. The molecule has 0 radical (unpaired) electrons. The summed E-state index contributed by atoms with van der Waals surface area (Å²) in [5.74, 6) is -0.385. The minimum atomic E-state index is -0.449. The van der Waals surface area contributed by atoms with E-state index in [1.54, 1.807) is 12.1 Å². The van der Waals surface area contributed by atoms with Crippen molar-refractivity contribution in [3.8, 4) is 0 Å². The van der Waals surface area contributed by atoms with Gasteiger partial charge in [-0.2, -0.15) is 0 Å². The lowest BCUT2D eigenvalue weighted by atomic mass is 10.0. The van der Waals surface area contributed by atoms with Crippen molar-refractivity contribution in [1.82, 2.24) is 10.2 Å². The summed E-state index contributed by atoms with van der Waals surface area (Å²) in [6.45, 7) is 2.62. The van der Waals surface area contributed by atoms with Gasteiger partial charge >= 0.3 is 0 Å². The maximum atomic E-state index is 13.2. The smallest absolute Gasteiger partial charge is 0.242 e. The van der Waals surface area contributed by atoms with Gasteiger partial charge in [-0.05, 0) is 56.3 Å². The van der Waals surface area contributed by atoms with Gasteiger partial charge in [0.05, 0.1) is 0 Å². The first kappa shape index (κ1) is 18.4. The van der Waals surface area contributed by atoms with Crippen LogP contribution in [0.5, 0.6) is 0 Å². The monoisotopic (exact) mass is 355 g/mol. The predicted molar refractivity (Wildman–Crippen MR) is 103 cm³/mol. The molecule has 1 atom stereocenters. The number of amides is 1. The first-order valence-corrected chi connectivity index (χ1v) is 9.08. The molecule has 2 aromatic rings. The molecule has 138 valence electrons. The van der Waals surface area contributed by atoms with Crippen molar-refractivity contribution in [3.05, 3.63) is 65.5 Å². The maximum Gasteiger partial charge on any atom is 0.242 e. The van der Waals surface area contributed by atoms with Crippen molar-refractivity contribution < 1.29 is 9.18 Å². The average molecular weight is 355 g/mol. The number of likely N-dealkylation sites (N-methyl/N-ethyl adjacent to an activating group) is 1. The number of nitrogens with one attached hydrogen (secondary N) is 1. The molecule has 0 spiro atoms. The van der Waals surface area contributed by atoms with Gasteiger partial charge < -0.3 is 10.2 Å². The van der Waals surface area contributed by atoms with Gasteiger partial charge in [0.1, 0.15) is 11.9 Å². The number of nitrogens with zero attached hydrogens (tertiary/aromatic N) is 2. The van der Waals surface area contributed by atoms with Crippen LogP contribution >= 0.6 is 0 Å². The van der Waals surface area contributed by atoms with E-state index in [2.05, 4.69) is 22.3 Å². The van der Waals surface area contributed by atoms with Crippen LogP contribution in [0.4, 0.5) is 10.1 Å². The van der Waals surface area contributed by atoms with Crippen LogP contribution < -0.4 is 10.2 Å². The third kappa shape index (κ3) is 4.22. The quantitative estimate of drug-likeness (QED) is 0.863. The van der Waals surface area contributed by atoms with E-state index in [-0.39, 0.29) is 11.7 Å². The molecule has 1 N–H and O–H groups in total. The highest BCUT2D eigenvalue weighted by Gasteiger charge is 2.23. The van der Waals surface area contributed by atoms with E-state index in [4.69, 9.17) is 0 Å². The minimum absolute atomic E-state index is 0.0853. The van der Waals surface area contributed by atoms with Crippen LogP contribution in [0, 0.1) is 5.82 Å². The Labute approximate surface area is 154 Å². The Balaban J connectivity index is 1.72. The van der Waals surface area contributed by atoms with E-state index in [0.29, 0.717) is 6.54 Å². The molecule has 0 unspecified atom stereocenters. The van der Waals surface area contributed by atoms with Gasteiger partial charge in [0.15, 0.2) is 0 Å². The van der Waals surface area contributed by atoms with E-state index in [0.717, 1.165) is 24.2 Å². The summed E-state index contributed by atoms with van der Waals surface area (Å²) in [6.07, 6.45) is 2.43. The standard InChI is InChI=1S/C21H26FN3O/c1-24(2)20(16-9-11-18(22)12-10-16)21(26)23-15-17-7-3-4-8-19(17)25-13-5-6-14-25/h3-4,7-12,20H,5-6,13-15H2,1-2H3,(H,23,26)/t20-/m1/s1. The van der Waals surface area contributed by atoms with E-state index in [1.807, 2.05) is 31.1 Å². The Morgan fingerprint density at radius 2 is 1.77 bits per heavy atom. The molecule has 0 aromatic heterocycles. The van der Waals surface area contributed by atoms with Crippen LogP contribution in [-0.4, -0.2) is 38.0 Å². The highest BCUT2D eigenvalue weighted by molar-refractivity contribution is 5.83. The van der Waals surface area contributed by atoms with Crippen molar-refractivity contribution in [3.63, 3.8) is 0 Å². The summed E-state index contributed by atoms with van der Waals surface area (Å²) in [5, 5.41) is 3.06. The third-order valence-corrected chi connectivity index (χ3v) is 4.84. The van der Waals surface area contributed by atoms with Gasteiger partial charge in [0.2, 0.25) is 5.91 Å². The highest BCUT2D eigenvalue weighted by atomic mass is 19.1. The number of halogens is 1. The zero-order valence-electron chi connectivity index (χ0n) is 15.4. The van der Waals surface area contributed by atoms with Gasteiger partial charge in [-0.1, -0.05) is 30.3 Å². The van der Waals surface area contributed by atoms with Gasteiger partial charge in [-0.15, -0.1) is 0 Å². The number of hydrogen-bond acceptors (Lipinski definition) is 3. The minimum Gasteiger partial charge on any atom is -0.371 e. The normalized spacial score (nSPS) is 15.3. The number of rotatable bonds is 6. The summed E-state index contributed by atoms with van der Waals surface area (Å²) in [4.78, 5) is 17.0. The van der Waals surface area contributed by atoms with E-state index in [1.165, 1.54) is 30.7 Å². The summed E-state index contributed by atoms with van der Waals surface area (Å²) >= 11 is 0. The first-order valence-electron chi connectivity index (χ1n) is 9.08. The van der Waals surface area contributed by atoms with Gasteiger partial charge in [0, 0.05) is 25.3 Å². The summed E-state index contributed by atoms with van der Waals surface area (Å²) in [5.41, 5.74) is 3.11. The second kappa shape index (κ2) is 8.32. The second-order valence-electron chi connectivity index (χ2n) is 6.96. The molecule has 0 bridgehead atoms. The van der Waals surface area contributed by atoms with Crippen molar-refractivity contribution in [2.24, 2.45) is 0 Å². The zero-order chi connectivity index (χ0) is 18.5. The van der Waals surface area contributed by atoms with Crippen LogP contribution in [0.2, 0.25) is 0 Å². The Bertz CT molecular complexity index is 739. The summed E-state index contributed by atoms with van der Waals surface area (Å²) in [7, 11) is 3.71. The molecule has 26 heavy (non-hydrogen) atoms. The van der Waals surface area contributed by atoms with Crippen molar-refractivity contribution in [2.75, 3.05) is 32.1 Å². The topological polar surface area (TPSA) is 35.6 Å². The largest absolute Gasteiger partial charge is 0.371 e. The summed E-state index contributed by atoms with van der Waals surface area (Å²) in [6, 6.07) is 13.9. The lowest BCUT2D eigenvalue weighted by molar-refractivity contribution is -0.125. The Morgan fingerprint density at radius 3 is 2.42 bits per heavy atom. The molecule has 1 heterocycles. The van der Waals surface area contributed by atoms with Crippen molar-refractivity contribution in [1.29, 1.82) is 0 Å². The highest BCUT2D eigenvalue weighted by Crippen LogP contribution is 2.25. The molecule has 3 rings (SSSR count). The molecule has 2 aromatic carbocycles. The van der Waals surface area contributed by atoms with E-state index >= 15 is 0 Å². The molecule has 1 aliphatic rings. The van der Waals surface area contributed by atoms with E-state index < -0.39 is 6.04 Å². The fourth-order valence-corrected chi connectivity index (χ4v) is 3.53. The van der Waals surface area contributed by atoms with Crippen LogP contribution in [0.1, 0.15) is 30.0 Å². The van der Waals surface area contributed by atoms with Crippen LogP contribution in [-0.2, 0) is 11.3 Å². The average Bonchev–Trinajstić information content (AvgIpc) is 3.16. The predicted octanol–water partition coefficient (Wildman–Crippen LogP) is 3.35. The molecule has 1 amide bonds. The zero-order valence-corrected chi connectivity index (χ0v) is 15.4. The molecule has 0 aliphatic carbocycles. The summed E-state index contributed by atoms with van der Waals surface area (Å²) < 4.78 is 13.2. The number of para-hydroxylation sites is 1. The molecule has 1 saturated heterocycles. The molecular weight excluding hydrogens is 329 g/mol. The molecule has 1 aliphatic heterocycles. The number of carbonyl (C=O) groups excluding carboxylic acids is 1. The molecular formula is C21H26FN3O.